The summed E-state index contributed by atoms with van der Waals surface area (Å²) in [5.74, 6) is 0. The predicted octanol–water partition coefficient (Wildman–Crippen LogP) is 4.25. The largest absolute Gasteiger partial charge is 0.246 e. The third-order valence-corrected chi connectivity index (χ3v) is 3.23. The molecule has 0 fully saturated rings. The molecule has 72 valence electrons. The Hall–Kier alpha value is 0.110. The molecule has 0 unspecified atom stereocenters. The van der Waals surface area contributed by atoms with Crippen LogP contribution < -0.4 is 0 Å². The topological polar surface area (TPSA) is 0 Å². The van der Waals surface area contributed by atoms with E-state index in [0.29, 0.717) is 0 Å². The number of hydrogen-bond donors (Lipinski definition) is 0. The summed E-state index contributed by atoms with van der Waals surface area (Å²) in [5.41, 5.74) is 1.90. The van der Waals surface area contributed by atoms with Gasteiger partial charge in [-0.05, 0) is 24.5 Å². The summed E-state index contributed by atoms with van der Waals surface area (Å²) >= 11 is 6.71. The SMILES string of the molecule is FCc1c(Br)cccc1CCCBr. The Morgan fingerprint density at radius 3 is 2.69 bits per heavy atom. The second-order valence-corrected chi connectivity index (χ2v) is 4.45. The molecule has 1 aromatic rings. The van der Waals surface area contributed by atoms with Crippen LogP contribution in [0.15, 0.2) is 22.7 Å². The van der Waals surface area contributed by atoms with Crippen LogP contribution in [0.1, 0.15) is 17.5 Å². The highest BCUT2D eigenvalue weighted by atomic mass is 79.9. The van der Waals surface area contributed by atoms with Gasteiger partial charge in [0.1, 0.15) is 6.67 Å². The number of hydrogen-bond acceptors (Lipinski definition) is 0. The minimum absolute atomic E-state index is 0.390. The van der Waals surface area contributed by atoms with Gasteiger partial charge in [0.2, 0.25) is 0 Å². The van der Waals surface area contributed by atoms with Crippen molar-refractivity contribution in [3.63, 3.8) is 0 Å². The number of alkyl halides is 2. The summed E-state index contributed by atoms with van der Waals surface area (Å²) in [6, 6.07) is 5.82. The molecule has 3 heteroatoms. The van der Waals surface area contributed by atoms with Gasteiger partial charge >= 0.3 is 0 Å². The highest BCUT2D eigenvalue weighted by Crippen LogP contribution is 2.22. The van der Waals surface area contributed by atoms with Crippen LogP contribution in [-0.4, -0.2) is 5.33 Å². The first-order chi connectivity index (χ1) is 6.29. The molecule has 0 nitrogen and oxygen atoms in total. The van der Waals surface area contributed by atoms with Crippen molar-refractivity contribution in [2.45, 2.75) is 19.5 Å². The van der Waals surface area contributed by atoms with Gasteiger partial charge in [0.25, 0.3) is 0 Å². The normalized spacial score (nSPS) is 10.4. The molecule has 0 spiro atoms. The Morgan fingerprint density at radius 2 is 2.08 bits per heavy atom. The quantitative estimate of drug-likeness (QED) is 0.730. The van der Waals surface area contributed by atoms with E-state index in [0.717, 1.165) is 33.8 Å². The van der Waals surface area contributed by atoms with Crippen molar-refractivity contribution in [2.24, 2.45) is 0 Å². The molecular formula is C10H11Br2F. The lowest BCUT2D eigenvalue weighted by atomic mass is 10.0. The maximum absolute atomic E-state index is 12.6. The standard InChI is InChI=1S/C10H11Br2F/c11-6-2-4-8-3-1-5-10(12)9(8)7-13/h1,3,5H,2,4,6-7H2. The van der Waals surface area contributed by atoms with Gasteiger partial charge < -0.3 is 0 Å². The summed E-state index contributed by atoms with van der Waals surface area (Å²) in [7, 11) is 0. The van der Waals surface area contributed by atoms with Crippen molar-refractivity contribution in [1.29, 1.82) is 0 Å². The van der Waals surface area contributed by atoms with E-state index in [4.69, 9.17) is 0 Å². The molecular weight excluding hydrogens is 299 g/mol. The average molecular weight is 310 g/mol. The van der Waals surface area contributed by atoms with E-state index in [1.54, 1.807) is 0 Å². The summed E-state index contributed by atoms with van der Waals surface area (Å²) in [5, 5.41) is 0.964. The Morgan fingerprint density at radius 1 is 1.31 bits per heavy atom. The Kier molecular flexibility index (Phi) is 4.96. The van der Waals surface area contributed by atoms with Crippen LogP contribution in [0.25, 0.3) is 0 Å². The van der Waals surface area contributed by atoms with E-state index in [1.165, 1.54) is 0 Å². The van der Waals surface area contributed by atoms with E-state index in [2.05, 4.69) is 31.9 Å². The van der Waals surface area contributed by atoms with Gasteiger partial charge in [-0.2, -0.15) is 0 Å². The van der Waals surface area contributed by atoms with E-state index < -0.39 is 0 Å². The molecule has 0 radical (unpaired) electrons. The maximum atomic E-state index is 12.6. The second-order valence-electron chi connectivity index (χ2n) is 2.80. The van der Waals surface area contributed by atoms with Gasteiger partial charge in [-0.1, -0.05) is 44.0 Å². The zero-order valence-electron chi connectivity index (χ0n) is 7.19. The molecule has 0 aliphatic carbocycles. The number of halogens is 3. The molecule has 0 saturated carbocycles. The van der Waals surface area contributed by atoms with Gasteiger partial charge in [0, 0.05) is 15.4 Å². The second kappa shape index (κ2) is 5.76. The first-order valence-electron chi connectivity index (χ1n) is 4.17. The van der Waals surface area contributed by atoms with Gasteiger partial charge in [-0.25, -0.2) is 4.39 Å². The van der Waals surface area contributed by atoms with Crippen LogP contribution in [0, 0.1) is 0 Å². The van der Waals surface area contributed by atoms with Crippen molar-refractivity contribution >= 4 is 31.9 Å². The van der Waals surface area contributed by atoms with Crippen LogP contribution in [0.5, 0.6) is 0 Å². The van der Waals surface area contributed by atoms with Gasteiger partial charge in [-0.3, -0.25) is 0 Å². The first-order valence-corrected chi connectivity index (χ1v) is 6.09. The van der Waals surface area contributed by atoms with E-state index in [9.17, 15) is 4.39 Å². The molecule has 0 bridgehead atoms. The molecule has 1 aromatic carbocycles. The summed E-state index contributed by atoms with van der Waals surface area (Å²) in [4.78, 5) is 0. The van der Waals surface area contributed by atoms with Crippen LogP contribution in [0.3, 0.4) is 0 Å². The third-order valence-electron chi connectivity index (χ3n) is 1.93. The zero-order valence-corrected chi connectivity index (χ0v) is 10.4. The number of rotatable bonds is 4. The van der Waals surface area contributed by atoms with Crippen molar-refractivity contribution in [3.05, 3.63) is 33.8 Å². The predicted molar refractivity (Wildman–Crippen MR) is 61.1 cm³/mol. The Balaban J connectivity index is 2.85. The molecule has 0 saturated heterocycles. The van der Waals surface area contributed by atoms with Gasteiger partial charge in [0.15, 0.2) is 0 Å². The lowest BCUT2D eigenvalue weighted by molar-refractivity contribution is 0.481. The molecule has 0 amide bonds. The lowest BCUT2D eigenvalue weighted by Crippen LogP contribution is -1.94. The van der Waals surface area contributed by atoms with Gasteiger partial charge in [0.05, 0.1) is 0 Å². The van der Waals surface area contributed by atoms with Crippen LogP contribution in [0.4, 0.5) is 4.39 Å². The smallest absolute Gasteiger partial charge is 0.116 e. The molecule has 0 aliphatic heterocycles. The minimum atomic E-state index is -0.390. The first kappa shape index (κ1) is 11.2. The fraction of sp³-hybridized carbons (Fsp3) is 0.400. The Bertz CT molecular complexity index is 274. The van der Waals surface area contributed by atoms with E-state index in [1.807, 2.05) is 18.2 Å². The maximum Gasteiger partial charge on any atom is 0.116 e. The average Bonchev–Trinajstić information content (AvgIpc) is 2.15. The minimum Gasteiger partial charge on any atom is -0.246 e. The van der Waals surface area contributed by atoms with Crippen molar-refractivity contribution in [3.8, 4) is 0 Å². The van der Waals surface area contributed by atoms with Crippen molar-refractivity contribution in [1.82, 2.24) is 0 Å². The Labute approximate surface area is 94.8 Å². The highest BCUT2D eigenvalue weighted by Gasteiger charge is 2.05. The van der Waals surface area contributed by atoms with Gasteiger partial charge in [-0.15, -0.1) is 0 Å². The zero-order chi connectivity index (χ0) is 9.68. The molecule has 0 aliphatic rings. The monoisotopic (exact) mass is 308 g/mol. The van der Waals surface area contributed by atoms with E-state index in [-0.39, 0.29) is 6.67 Å². The summed E-state index contributed by atoms with van der Waals surface area (Å²) < 4.78 is 13.5. The summed E-state index contributed by atoms with van der Waals surface area (Å²) in [6.45, 7) is -0.390. The number of benzene rings is 1. The molecule has 0 N–H and O–H groups in total. The van der Waals surface area contributed by atoms with Crippen LogP contribution in [0.2, 0.25) is 0 Å². The summed E-state index contributed by atoms with van der Waals surface area (Å²) in [6.07, 6.45) is 1.98. The van der Waals surface area contributed by atoms with Crippen LogP contribution in [-0.2, 0) is 13.1 Å². The van der Waals surface area contributed by atoms with Crippen molar-refractivity contribution < 1.29 is 4.39 Å². The molecule has 1 rings (SSSR count). The molecule has 0 aromatic heterocycles. The number of aryl methyl sites for hydroxylation is 1. The molecule has 0 heterocycles. The van der Waals surface area contributed by atoms with E-state index >= 15 is 0 Å². The van der Waals surface area contributed by atoms with Crippen molar-refractivity contribution in [2.75, 3.05) is 5.33 Å². The molecule has 13 heavy (non-hydrogen) atoms. The third kappa shape index (κ3) is 3.06. The lowest BCUT2D eigenvalue weighted by Gasteiger charge is -2.07. The highest BCUT2D eigenvalue weighted by molar-refractivity contribution is 9.10. The fourth-order valence-corrected chi connectivity index (χ4v) is 2.04. The molecule has 0 atom stereocenters. The van der Waals surface area contributed by atoms with Crippen LogP contribution >= 0.6 is 31.9 Å². The fourth-order valence-electron chi connectivity index (χ4n) is 1.24.